The van der Waals surface area contributed by atoms with Crippen LogP contribution in [0.15, 0.2) is 0 Å². The Bertz CT molecular complexity index is 91.6. The van der Waals surface area contributed by atoms with Gasteiger partial charge in [-0.15, -0.1) is 0 Å². The highest BCUT2D eigenvalue weighted by Gasteiger charge is 2.05. The monoisotopic (exact) mass is 145 g/mol. The van der Waals surface area contributed by atoms with E-state index in [0.29, 0.717) is 6.54 Å². The first-order valence-electron chi connectivity index (χ1n) is 3.51. The van der Waals surface area contributed by atoms with E-state index in [-0.39, 0.29) is 12.5 Å². The summed E-state index contributed by atoms with van der Waals surface area (Å²) >= 11 is 0. The maximum Gasteiger partial charge on any atom is 0.209 e. The Morgan fingerprint density at radius 3 is 2.60 bits per heavy atom. The van der Waals surface area contributed by atoms with Crippen LogP contribution in [-0.2, 0) is 4.79 Å². The lowest BCUT2D eigenvalue weighted by Crippen LogP contribution is -2.25. The average molecular weight is 145 g/mol. The van der Waals surface area contributed by atoms with E-state index in [1.165, 1.54) is 0 Å². The molecule has 0 aromatic rings. The minimum Gasteiger partial charge on any atom is -0.396 e. The predicted molar refractivity (Wildman–Crippen MR) is 39.6 cm³/mol. The first-order valence-corrected chi connectivity index (χ1v) is 3.51. The molecule has 0 aliphatic heterocycles. The van der Waals surface area contributed by atoms with Crippen LogP contribution in [0, 0.1) is 5.92 Å². The highest BCUT2D eigenvalue weighted by atomic mass is 16.3. The summed E-state index contributed by atoms with van der Waals surface area (Å²) in [5, 5.41) is 8.73. The molecule has 0 fully saturated rings. The van der Waals surface area contributed by atoms with Crippen molar-refractivity contribution < 1.29 is 9.90 Å². The van der Waals surface area contributed by atoms with Gasteiger partial charge in [-0.1, -0.05) is 6.92 Å². The molecule has 10 heavy (non-hydrogen) atoms. The molecule has 1 atom stereocenters. The summed E-state index contributed by atoms with van der Waals surface area (Å²) in [6, 6.07) is 0. The fraction of sp³-hybridized carbons (Fsp3) is 0.857. The molecule has 0 aliphatic carbocycles. The average Bonchev–Trinajstić information content (AvgIpc) is 1.99. The summed E-state index contributed by atoms with van der Waals surface area (Å²) in [5.74, 6) is 0.232. The number of aliphatic hydroxyl groups is 1. The molecule has 0 rings (SSSR count). The number of nitrogens with zero attached hydrogens (tertiary/aromatic N) is 1. The standard InChI is InChI=1S/C7H15NO2/c1-3-7(5-9)4-8(2)6-10/h6-7,9H,3-5H2,1-2H3/t7-/m1/s1. The lowest BCUT2D eigenvalue weighted by Gasteiger charge is -2.16. The number of amides is 1. The van der Waals surface area contributed by atoms with Gasteiger partial charge in [-0.2, -0.15) is 0 Å². The summed E-state index contributed by atoms with van der Waals surface area (Å²) in [6.07, 6.45) is 1.69. The lowest BCUT2D eigenvalue weighted by atomic mass is 10.1. The van der Waals surface area contributed by atoms with Gasteiger partial charge in [-0.25, -0.2) is 0 Å². The van der Waals surface area contributed by atoms with Crippen molar-refractivity contribution in [2.24, 2.45) is 5.92 Å². The first-order chi connectivity index (χ1) is 4.74. The largest absolute Gasteiger partial charge is 0.396 e. The number of carbonyl (C=O) groups is 1. The molecular formula is C7H15NO2. The smallest absolute Gasteiger partial charge is 0.209 e. The van der Waals surface area contributed by atoms with Crippen LogP contribution in [0.3, 0.4) is 0 Å². The van der Waals surface area contributed by atoms with E-state index in [1.807, 2.05) is 6.92 Å². The van der Waals surface area contributed by atoms with Crippen LogP contribution in [-0.4, -0.2) is 36.6 Å². The molecule has 0 radical (unpaired) electrons. The molecule has 0 aromatic carbocycles. The van der Waals surface area contributed by atoms with Crippen LogP contribution < -0.4 is 0 Å². The van der Waals surface area contributed by atoms with Gasteiger partial charge in [-0.05, 0) is 12.3 Å². The van der Waals surface area contributed by atoms with Crippen molar-refractivity contribution in [3.05, 3.63) is 0 Å². The Kier molecular flexibility index (Phi) is 4.94. The maximum atomic E-state index is 10.1. The van der Waals surface area contributed by atoms with Crippen LogP contribution in [0.2, 0.25) is 0 Å². The van der Waals surface area contributed by atoms with E-state index in [0.717, 1.165) is 12.8 Å². The van der Waals surface area contributed by atoms with Crippen molar-refractivity contribution >= 4 is 6.41 Å². The topological polar surface area (TPSA) is 40.5 Å². The van der Waals surface area contributed by atoms with Gasteiger partial charge in [0, 0.05) is 20.2 Å². The number of rotatable bonds is 5. The maximum absolute atomic E-state index is 10.1. The number of hydrogen-bond acceptors (Lipinski definition) is 2. The fourth-order valence-corrected chi connectivity index (χ4v) is 0.766. The quantitative estimate of drug-likeness (QED) is 0.557. The Balaban J connectivity index is 3.51. The molecule has 3 nitrogen and oxygen atoms in total. The Labute approximate surface area is 61.6 Å². The molecule has 60 valence electrons. The Hall–Kier alpha value is -0.570. The molecule has 0 saturated carbocycles. The second kappa shape index (κ2) is 5.23. The first kappa shape index (κ1) is 9.43. The third kappa shape index (κ3) is 3.45. The van der Waals surface area contributed by atoms with E-state index in [4.69, 9.17) is 5.11 Å². The third-order valence-corrected chi connectivity index (χ3v) is 1.56. The van der Waals surface area contributed by atoms with Gasteiger partial charge in [0.05, 0.1) is 0 Å². The van der Waals surface area contributed by atoms with Gasteiger partial charge < -0.3 is 10.0 Å². The van der Waals surface area contributed by atoms with Gasteiger partial charge in [0.2, 0.25) is 6.41 Å². The minimum atomic E-state index is 0.161. The molecule has 0 bridgehead atoms. The molecule has 0 heterocycles. The molecule has 3 heteroatoms. The van der Waals surface area contributed by atoms with Crippen molar-refractivity contribution in [2.75, 3.05) is 20.2 Å². The summed E-state index contributed by atoms with van der Waals surface area (Å²) in [5.41, 5.74) is 0. The number of aliphatic hydroxyl groups excluding tert-OH is 1. The van der Waals surface area contributed by atoms with Crippen LogP contribution >= 0.6 is 0 Å². The van der Waals surface area contributed by atoms with E-state index >= 15 is 0 Å². The molecule has 1 N–H and O–H groups in total. The molecule has 0 unspecified atom stereocenters. The molecule has 0 saturated heterocycles. The van der Waals surface area contributed by atoms with Gasteiger partial charge in [-0.3, -0.25) is 4.79 Å². The Morgan fingerprint density at radius 2 is 2.30 bits per heavy atom. The van der Waals surface area contributed by atoms with Crippen molar-refractivity contribution in [1.29, 1.82) is 0 Å². The van der Waals surface area contributed by atoms with Gasteiger partial charge in [0.15, 0.2) is 0 Å². The SMILES string of the molecule is CC[C@@H](CO)CN(C)C=O. The van der Waals surface area contributed by atoms with Gasteiger partial charge >= 0.3 is 0 Å². The summed E-state index contributed by atoms with van der Waals surface area (Å²) < 4.78 is 0. The highest BCUT2D eigenvalue weighted by molar-refractivity contribution is 5.46. The zero-order valence-electron chi connectivity index (χ0n) is 6.58. The third-order valence-electron chi connectivity index (χ3n) is 1.56. The highest BCUT2D eigenvalue weighted by Crippen LogP contribution is 2.01. The summed E-state index contributed by atoms with van der Waals surface area (Å²) in [6.45, 7) is 2.81. The van der Waals surface area contributed by atoms with E-state index in [9.17, 15) is 4.79 Å². The van der Waals surface area contributed by atoms with Crippen molar-refractivity contribution in [3.8, 4) is 0 Å². The van der Waals surface area contributed by atoms with Crippen molar-refractivity contribution in [3.63, 3.8) is 0 Å². The predicted octanol–water partition coefficient (Wildman–Crippen LogP) is 0.0931. The number of hydrogen-bond donors (Lipinski definition) is 1. The zero-order valence-corrected chi connectivity index (χ0v) is 6.58. The van der Waals surface area contributed by atoms with Crippen molar-refractivity contribution in [1.82, 2.24) is 4.90 Å². The Morgan fingerprint density at radius 1 is 1.70 bits per heavy atom. The molecule has 0 aliphatic rings. The van der Waals surface area contributed by atoms with Crippen LogP contribution in [0.4, 0.5) is 0 Å². The second-order valence-electron chi connectivity index (χ2n) is 2.50. The lowest BCUT2D eigenvalue weighted by molar-refractivity contribution is -0.117. The van der Waals surface area contributed by atoms with Crippen molar-refractivity contribution in [2.45, 2.75) is 13.3 Å². The van der Waals surface area contributed by atoms with Crippen LogP contribution in [0.25, 0.3) is 0 Å². The van der Waals surface area contributed by atoms with E-state index < -0.39 is 0 Å². The normalized spacial score (nSPS) is 12.7. The fourth-order valence-electron chi connectivity index (χ4n) is 0.766. The molecule has 1 amide bonds. The summed E-state index contributed by atoms with van der Waals surface area (Å²) in [7, 11) is 1.71. The zero-order chi connectivity index (χ0) is 7.98. The van der Waals surface area contributed by atoms with E-state index in [1.54, 1.807) is 11.9 Å². The van der Waals surface area contributed by atoms with Gasteiger partial charge in [0.1, 0.15) is 0 Å². The minimum absolute atomic E-state index is 0.161. The molecule has 0 spiro atoms. The van der Waals surface area contributed by atoms with Gasteiger partial charge in [0.25, 0.3) is 0 Å². The number of carbonyl (C=O) groups excluding carboxylic acids is 1. The van der Waals surface area contributed by atoms with E-state index in [2.05, 4.69) is 0 Å². The molecule has 0 aromatic heterocycles. The second-order valence-corrected chi connectivity index (χ2v) is 2.50. The summed E-state index contributed by atoms with van der Waals surface area (Å²) in [4.78, 5) is 11.7. The molecular weight excluding hydrogens is 130 g/mol. The van der Waals surface area contributed by atoms with Crippen LogP contribution in [0.1, 0.15) is 13.3 Å². The van der Waals surface area contributed by atoms with Crippen LogP contribution in [0.5, 0.6) is 0 Å².